The molecule has 6 heteroatoms. The number of hydrogen-bond donors (Lipinski definition) is 1. The van der Waals surface area contributed by atoms with E-state index in [1.807, 2.05) is 25.1 Å². The maximum atomic E-state index is 13.2. The third-order valence-electron chi connectivity index (χ3n) is 6.56. The van der Waals surface area contributed by atoms with Crippen LogP contribution in [0.1, 0.15) is 56.9 Å². The zero-order valence-corrected chi connectivity index (χ0v) is 19.8. The SMILES string of the molecule is Cc1sc(C)c(C(=O)NC2CCC(C(=O)N=O)CC2)c1Cc1ccc(-c2ccccc2)cc1. The van der Waals surface area contributed by atoms with Gasteiger partial charge in [0.05, 0.1) is 5.56 Å². The van der Waals surface area contributed by atoms with Crippen molar-refractivity contribution < 1.29 is 9.59 Å². The van der Waals surface area contributed by atoms with E-state index in [1.165, 1.54) is 16.7 Å². The van der Waals surface area contributed by atoms with E-state index in [4.69, 9.17) is 0 Å². The molecule has 2 amide bonds. The Balaban J connectivity index is 1.46. The van der Waals surface area contributed by atoms with Crippen molar-refractivity contribution in [2.24, 2.45) is 11.1 Å². The number of amides is 2. The fraction of sp³-hybridized carbons (Fsp3) is 0.333. The van der Waals surface area contributed by atoms with Gasteiger partial charge in [-0.2, -0.15) is 0 Å². The third-order valence-corrected chi connectivity index (χ3v) is 7.62. The Morgan fingerprint density at radius 2 is 1.55 bits per heavy atom. The van der Waals surface area contributed by atoms with E-state index in [2.05, 4.69) is 53.8 Å². The summed E-state index contributed by atoms with van der Waals surface area (Å²) in [4.78, 5) is 37.4. The Bertz CT molecular complexity index is 1140. The maximum Gasteiger partial charge on any atom is 0.289 e. The zero-order chi connectivity index (χ0) is 23.4. The predicted octanol–water partition coefficient (Wildman–Crippen LogP) is 6.20. The number of nitroso groups, excluding NO2 is 1. The van der Waals surface area contributed by atoms with Gasteiger partial charge >= 0.3 is 0 Å². The molecule has 0 spiro atoms. The fourth-order valence-electron chi connectivity index (χ4n) is 4.71. The van der Waals surface area contributed by atoms with Gasteiger partial charge < -0.3 is 5.32 Å². The van der Waals surface area contributed by atoms with Crippen LogP contribution < -0.4 is 5.32 Å². The number of benzene rings is 2. The van der Waals surface area contributed by atoms with Gasteiger partial charge in [-0.15, -0.1) is 16.2 Å². The molecule has 0 radical (unpaired) electrons. The van der Waals surface area contributed by atoms with Crippen LogP contribution in [0.5, 0.6) is 0 Å². The van der Waals surface area contributed by atoms with Crippen LogP contribution in [-0.2, 0) is 11.2 Å². The van der Waals surface area contributed by atoms with Crippen molar-refractivity contribution in [3.05, 3.63) is 85.9 Å². The second-order valence-corrected chi connectivity index (χ2v) is 10.2. The van der Waals surface area contributed by atoms with Gasteiger partial charge in [0.1, 0.15) is 0 Å². The summed E-state index contributed by atoms with van der Waals surface area (Å²) < 4.78 is 0. The second kappa shape index (κ2) is 10.2. The first-order valence-electron chi connectivity index (χ1n) is 11.4. The number of aryl methyl sites for hydroxylation is 2. The number of nitrogens with zero attached hydrogens (tertiary/aromatic N) is 1. The van der Waals surface area contributed by atoms with Crippen LogP contribution >= 0.6 is 11.3 Å². The minimum atomic E-state index is -0.565. The van der Waals surface area contributed by atoms with Crippen LogP contribution in [-0.4, -0.2) is 17.9 Å². The number of thiophene rings is 1. The first-order valence-corrected chi connectivity index (χ1v) is 12.2. The topological polar surface area (TPSA) is 75.6 Å². The van der Waals surface area contributed by atoms with Crippen LogP contribution in [0.15, 0.2) is 59.8 Å². The molecule has 4 rings (SSSR count). The van der Waals surface area contributed by atoms with Gasteiger partial charge in [0.2, 0.25) is 0 Å². The lowest BCUT2D eigenvalue weighted by molar-refractivity contribution is -0.122. The highest BCUT2D eigenvalue weighted by Gasteiger charge is 2.29. The molecule has 2 aromatic carbocycles. The van der Waals surface area contributed by atoms with Crippen molar-refractivity contribution in [2.75, 3.05) is 0 Å². The van der Waals surface area contributed by atoms with Crippen LogP contribution in [0.2, 0.25) is 0 Å². The molecule has 1 fully saturated rings. The Kier molecular flexibility index (Phi) is 7.14. The van der Waals surface area contributed by atoms with E-state index in [9.17, 15) is 14.5 Å². The van der Waals surface area contributed by atoms with Gasteiger partial charge in [-0.25, -0.2) is 0 Å². The Hall–Kier alpha value is -3.12. The average Bonchev–Trinajstić information content (AvgIpc) is 3.12. The van der Waals surface area contributed by atoms with Gasteiger partial charge in [0, 0.05) is 26.9 Å². The molecule has 0 unspecified atom stereocenters. The Morgan fingerprint density at radius 1 is 0.909 bits per heavy atom. The second-order valence-electron chi connectivity index (χ2n) is 8.76. The summed E-state index contributed by atoms with van der Waals surface area (Å²) in [5.74, 6) is -0.907. The lowest BCUT2D eigenvalue weighted by Gasteiger charge is -2.27. The van der Waals surface area contributed by atoms with Crippen LogP contribution in [0.3, 0.4) is 0 Å². The van der Waals surface area contributed by atoms with Gasteiger partial charge in [0.15, 0.2) is 0 Å². The number of hydrogen-bond acceptors (Lipinski definition) is 4. The number of nitrogens with one attached hydrogen (secondary N) is 1. The van der Waals surface area contributed by atoms with Gasteiger partial charge in [-0.3, -0.25) is 9.59 Å². The van der Waals surface area contributed by atoms with E-state index >= 15 is 0 Å². The molecular formula is C27H28N2O3S. The molecule has 1 aromatic heterocycles. The minimum absolute atomic E-state index is 0.0193. The predicted molar refractivity (Wildman–Crippen MR) is 132 cm³/mol. The first-order chi connectivity index (χ1) is 16.0. The van der Waals surface area contributed by atoms with Crippen molar-refractivity contribution in [3.8, 4) is 11.1 Å². The lowest BCUT2D eigenvalue weighted by atomic mass is 9.85. The van der Waals surface area contributed by atoms with Crippen LogP contribution in [0.25, 0.3) is 11.1 Å². The summed E-state index contributed by atoms with van der Waals surface area (Å²) in [7, 11) is 0. The fourth-order valence-corrected chi connectivity index (χ4v) is 5.78. The summed E-state index contributed by atoms with van der Waals surface area (Å²) >= 11 is 1.66. The first kappa shape index (κ1) is 23.1. The van der Waals surface area contributed by atoms with Gasteiger partial charge in [-0.1, -0.05) is 54.6 Å². The molecule has 0 atom stereocenters. The molecule has 1 heterocycles. The summed E-state index contributed by atoms with van der Waals surface area (Å²) in [5.41, 5.74) is 5.39. The van der Waals surface area contributed by atoms with E-state index in [0.717, 1.165) is 20.9 Å². The molecular weight excluding hydrogens is 432 g/mol. The van der Waals surface area contributed by atoms with E-state index < -0.39 is 5.91 Å². The summed E-state index contributed by atoms with van der Waals surface area (Å²) in [6.07, 6.45) is 3.28. The minimum Gasteiger partial charge on any atom is -0.349 e. The molecule has 1 N–H and O–H groups in total. The Labute approximate surface area is 198 Å². The Morgan fingerprint density at radius 3 is 2.18 bits per heavy atom. The van der Waals surface area contributed by atoms with Crippen molar-refractivity contribution in [2.45, 2.75) is 52.0 Å². The standard InChI is InChI=1S/C27H28N2O3S/c1-17-24(16-19-8-10-21(11-9-19)20-6-4-3-5-7-20)25(18(2)33-17)27(31)28-23-14-12-22(13-15-23)26(30)29-32/h3-11,22-23H,12-16H2,1-2H3,(H,28,31). The van der Waals surface area contributed by atoms with Gasteiger partial charge in [-0.05, 0) is 68.2 Å². The maximum absolute atomic E-state index is 13.2. The van der Waals surface area contributed by atoms with Crippen molar-refractivity contribution in [1.29, 1.82) is 0 Å². The van der Waals surface area contributed by atoms with Crippen LogP contribution in [0, 0.1) is 24.7 Å². The van der Waals surface area contributed by atoms with Crippen molar-refractivity contribution in [1.82, 2.24) is 5.32 Å². The van der Waals surface area contributed by atoms with Crippen LogP contribution in [0.4, 0.5) is 0 Å². The molecule has 33 heavy (non-hydrogen) atoms. The highest BCUT2D eigenvalue weighted by molar-refractivity contribution is 7.12. The summed E-state index contributed by atoms with van der Waals surface area (Å²) in [5, 5.41) is 5.73. The highest BCUT2D eigenvalue weighted by Crippen LogP contribution is 2.31. The number of rotatable bonds is 6. The van der Waals surface area contributed by atoms with E-state index in [1.54, 1.807) is 11.3 Å². The normalized spacial score (nSPS) is 18.0. The van der Waals surface area contributed by atoms with Crippen molar-refractivity contribution in [3.63, 3.8) is 0 Å². The molecule has 1 aliphatic rings. The quantitative estimate of drug-likeness (QED) is 0.445. The number of carbonyl (C=O) groups excluding carboxylic acids is 2. The van der Waals surface area contributed by atoms with E-state index in [0.29, 0.717) is 32.1 Å². The van der Waals surface area contributed by atoms with E-state index in [-0.39, 0.29) is 17.9 Å². The average molecular weight is 461 g/mol. The summed E-state index contributed by atoms with van der Waals surface area (Å²) in [6, 6.07) is 18.8. The zero-order valence-electron chi connectivity index (χ0n) is 19.0. The lowest BCUT2D eigenvalue weighted by Crippen LogP contribution is -2.39. The summed E-state index contributed by atoms with van der Waals surface area (Å²) in [6.45, 7) is 4.07. The van der Waals surface area contributed by atoms with Gasteiger partial charge in [0.25, 0.3) is 11.8 Å². The number of carbonyl (C=O) groups is 2. The largest absolute Gasteiger partial charge is 0.349 e. The highest BCUT2D eigenvalue weighted by atomic mass is 32.1. The van der Waals surface area contributed by atoms with Crippen molar-refractivity contribution >= 4 is 23.2 Å². The molecule has 0 aliphatic heterocycles. The molecule has 0 saturated heterocycles. The smallest absolute Gasteiger partial charge is 0.289 e. The molecule has 3 aromatic rings. The molecule has 0 bridgehead atoms. The molecule has 170 valence electrons. The molecule has 5 nitrogen and oxygen atoms in total. The molecule has 1 saturated carbocycles. The monoisotopic (exact) mass is 460 g/mol. The molecule has 1 aliphatic carbocycles. The third kappa shape index (κ3) is 5.28.